The zero-order valence-electron chi connectivity index (χ0n) is 19.2. The number of nitrogens with zero attached hydrogens (tertiary/aromatic N) is 1. The average Bonchev–Trinajstić information content (AvgIpc) is 2.81. The topological polar surface area (TPSA) is 100 Å². The van der Waals surface area contributed by atoms with Crippen molar-refractivity contribution in [3.05, 3.63) is 65.7 Å². The molecule has 2 aromatic carbocycles. The molecule has 0 aromatic heterocycles. The molecule has 2 aromatic rings. The maximum Gasteiger partial charge on any atom is 0.322 e. The molecule has 2 aliphatic heterocycles. The van der Waals surface area contributed by atoms with Crippen LogP contribution in [0.3, 0.4) is 0 Å². The second-order valence-electron chi connectivity index (χ2n) is 8.80. The monoisotopic (exact) mass is 489 g/mol. The molecule has 0 aliphatic carbocycles. The summed E-state index contributed by atoms with van der Waals surface area (Å²) in [6.07, 6.45) is -0.639. The number of carbonyl (C=O) groups excluding carboxylic acids is 2. The van der Waals surface area contributed by atoms with Gasteiger partial charge >= 0.3 is 6.03 Å². The number of ether oxygens (including phenoxy) is 2. The number of nitrogens with one attached hydrogen (secondary N) is 2. The molecule has 2 heterocycles. The molecule has 188 valence electrons. The smallest absolute Gasteiger partial charge is 0.322 e. The van der Waals surface area contributed by atoms with Crippen LogP contribution < -0.4 is 10.6 Å². The predicted molar refractivity (Wildman–Crippen MR) is 123 cm³/mol. The van der Waals surface area contributed by atoms with Gasteiger partial charge in [-0.2, -0.15) is 0 Å². The van der Waals surface area contributed by atoms with E-state index in [2.05, 4.69) is 10.6 Å². The first-order valence-electron chi connectivity index (χ1n) is 11.6. The first kappa shape index (κ1) is 25.0. The summed E-state index contributed by atoms with van der Waals surface area (Å²) >= 11 is 0. The lowest BCUT2D eigenvalue weighted by molar-refractivity contribution is -0.149. The van der Waals surface area contributed by atoms with E-state index in [0.29, 0.717) is 24.1 Å². The highest BCUT2D eigenvalue weighted by molar-refractivity contribution is 5.89. The number of anilines is 1. The van der Waals surface area contributed by atoms with Crippen LogP contribution in [0.4, 0.5) is 19.3 Å². The van der Waals surface area contributed by atoms with Crippen molar-refractivity contribution >= 4 is 17.6 Å². The number of hydrogen-bond donors (Lipinski definition) is 3. The standard InChI is InChI=1S/C25H29F2N3O5/c26-17-5-3-6-18(10-17)29-25(33)30-13-19(31)14-34-15-23-22(30)9-8-20(35-23)11-24(32)28-12-16-4-1-2-7-21(16)27/h1-7,10,19-20,22-23,31H,8-9,11-15H2,(H,28,32)(H,29,33)/t19-,20+,22+,23-/m1/s1. The molecule has 3 amide bonds. The van der Waals surface area contributed by atoms with Crippen molar-refractivity contribution < 1.29 is 33.0 Å². The number of fused-ring (bicyclic) bond motifs is 1. The Hall–Kier alpha value is -3.08. The number of urea groups is 1. The summed E-state index contributed by atoms with van der Waals surface area (Å²) in [6, 6.07) is 10.9. The van der Waals surface area contributed by atoms with Gasteiger partial charge in [0, 0.05) is 17.8 Å². The summed E-state index contributed by atoms with van der Waals surface area (Å²) in [4.78, 5) is 27.0. The molecule has 0 unspecified atom stereocenters. The number of carbonyl (C=O) groups is 2. The molecule has 4 rings (SSSR count). The Balaban J connectivity index is 1.36. The minimum absolute atomic E-state index is 0.0273. The number of aliphatic hydroxyl groups excluding tert-OH is 1. The SMILES string of the molecule is O=C(C[C@@H]1CC[C@H]2[C@@H](COC[C@H](O)CN2C(=O)Nc2cccc(F)c2)O1)NCc1ccccc1F. The molecule has 2 saturated heterocycles. The van der Waals surface area contributed by atoms with Crippen molar-refractivity contribution in [3.8, 4) is 0 Å². The quantitative estimate of drug-likeness (QED) is 0.600. The largest absolute Gasteiger partial charge is 0.389 e. The number of amides is 3. The van der Waals surface area contributed by atoms with Crippen LogP contribution in [0.1, 0.15) is 24.8 Å². The number of hydrogen-bond acceptors (Lipinski definition) is 5. The molecule has 0 spiro atoms. The molecule has 2 aliphatic rings. The molecule has 0 bridgehead atoms. The number of benzene rings is 2. The molecule has 8 nitrogen and oxygen atoms in total. The molecule has 0 saturated carbocycles. The lowest BCUT2D eigenvalue weighted by Gasteiger charge is -2.44. The van der Waals surface area contributed by atoms with Gasteiger partial charge in [-0.25, -0.2) is 13.6 Å². The van der Waals surface area contributed by atoms with E-state index in [4.69, 9.17) is 9.47 Å². The third-order valence-electron chi connectivity index (χ3n) is 6.16. The lowest BCUT2D eigenvalue weighted by atomic mass is 9.95. The highest BCUT2D eigenvalue weighted by Gasteiger charge is 2.40. The fourth-order valence-corrected chi connectivity index (χ4v) is 4.45. The van der Waals surface area contributed by atoms with Gasteiger partial charge in [0.1, 0.15) is 17.7 Å². The molecule has 35 heavy (non-hydrogen) atoms. The summed E-state index contributed by atoms with van der Waals surface area (Å²) in [5.41, 5.74) is 0.706. The van der Waals surface area contributed by atoms with Crippen LogP contribution in [0.15, 0.2) is 48.5 Å². The van der Waals surface area contributed by atoms with Gasteiger partial charge in [-0.15, -0.1) is 0 Å². The number of β-amino-alcohol motifs (C(OH)–C–C–N with tert-alkyl or cyclic N) is 1. The van der Waals surface area contributed by atoms with E-state index in [9.17, 15) is 23.5 Å². The number of halogens is 2. The normalized spacial score (nSPS) is 24.6. The maximum absolute atomic E-state index is 13.8. The van der Waals surface area contributed by atoms with Crippen molar-refractivity contribution in [3.63, 3.8) is 0 Å². The van der Waals surface area contributed by atoms with E-state index in [1.54, 1.807) is 24.3 Å². The van der Waals surface area contributed by atoms with Gasteiger partial charge in [0.15, 0.2) is 0 Å². The molecule has 10 heteroatoms. The van der Waals surface area contributed by atoms with Crippen molar-refractivity contribution in [2.45, 2.75) is 50.2 Å². The highest BCUT2D eigenvalue weighted by atomic mass is 19.1. The second-order valence-corrected chi connectivity index (χ2v) is 8.80. The van der Waals surface area contributed by atoms with Crippen molar-refractivity contribution in [2.24, 2.45) is 0 Å². The summed E-state index contributed by atoms with van der Waals surface area (Å²) in [5.74, 6) is -1.12. The fraction of sp³-hybridized carbons (Fsp3) is 0.440. The van der Waals surface area contributed by atoms with E-state index in [1.807, 2.05) is 0 Å². The zero-order valence-corrected chi connectivity index (χ0v) is 19.2. The van der Waals surface area contributed by atoms with Crippen LogP contribution in [0, 0.1) is 11.6 Å². The van der Waals surface area contributed by atoms with Crippen LogP contribution in [0.2, 0.25) is 0 Å². The van der Waals surface area contributed by atoms with Crippen molar-refractivity contribution in [1.82, 2.24) is 10.2 Å². The van der Waals surface area contributed by atoms with E-state index in [0.717, 1.165) is 0 Å². The van der Waals surface area contributed by atoms with Gasteiger partial charge < -0.3 is 30.1 Å². The van der Waals surface area contributed by atoms with E-state index >= 15 is 0 Å². The third kappa shape index (κ3) is 6.74. The lowest BCUT2D eigenvalue weighted by Crippen LogP contribution is -2.58. The third-order valence-corrected chi connectivity index (χ3v) is 6.16. The Kier molecular flexibility index (Phi) is 8.27. The second kappa shape index (κ2) is 11.6. The Labute approximate surface area is 202 Å². The maximum atomic E-state index is 13.8. The zero-order chi connectivity index (χ0) is 24.8. The van der Waals surface area contributed by atoms with Crippen LogP contribution in [-0.4, -0.2) is 66.1 Å². The average molecular weight is 490 g/mol. The minimum Gasteiger partial charge on any atom is -0.389 e. The van der Waals surface area contributed by atoms with Gasteiger partial charge in [-0.3, -0.25) is 4.79 Å². The van der Waals surface area contributed by atoms with Gasteiger partial charge in [-0.1, -0.05) is 24.3 Å². The predicted octanol–water partition coefficient (Wildman–Crippen LogP) is 2.81. The molecule has 2 fully saturated rings. The molecule has 0 radical (unpaired) electrons. The fourth-order valence-electron chi connectivity index (χ4n) is 4.45. The van der Waals surface area contributed by atoms with Crippen molar-refractivity contribution in [2.75, 3.05) is 25.1 Å². The molecule has 3 N–H and O–H groups in total. The number of rotatable bonds is 5. The van der Waals surface area contributed by atoms with Crippen molar-refractivity contribution in [1.29, 1.82) is 0 Å². The summed E-state index contributed by atoms with van der Waals surface area (Å²) in [7, 11) is 0. The van der Waals surface area contributed by atoms with Crippen LogP contribution >= 0.6 is 0 Å². The van der Waals surface area contributed by atoms with Gasteiger partial charge in [-0.05, 0) is 37.1 Å². The van der Waals surface area contributed by atoms with Gasteiger partial charge in [0.25, 0.3) is 0 Å². The van der Waals surface area contributed by atoms with Gasteiger partial charge in [0.05, 0.1) is 44.4 Å². The van der Waals surface area contributed by atoms with E-state index < -0.39 is 36.2 Å². The van der Waals surface area contributed by atoms with Crippen LogP contribution in [-0.2, 0) is 20.8 Å². The Morgan fingerprint density at radius 2 is 1.91 bits per heavy atom. The van der Waals surface area contributed by atoms with Crippen LogP contribution in [0.25, 0.3) is 0 Å². The molecular formula is C25H29F2N3O5. The van der Waals surface area contributed by atoms with E-state index in [1.165, 1.54) is 29.2 Å². The van der Waals surface area contributed by atoms with E-state index in [-0.39, 0.29) is 44.4 Å². The first-order valence-corrected chi connectivity index (χ1v) is 11.6. The summed E-state index contributed by atoms with van der Waals surface area (Å²) in [5, 5.41) is 15.6. The molecular weight excluding hydrogens is 460 g/mol. The number of aliphatic hydroxyl groups is 1. The summed E-state index contributed by atoms with van der Waals surface area (Å²) < 4.78 is 39.0. The Morgan fingerprint density at radius 1 is 1.09 bits per heavy atom. The summed E-state index contributed by atoms with van der Waals surface area (Å²) in [6.45, 7) is 0.293. The Bertz CT molecular complexity index is 1040. The molecule has 4 atom stereocenters. The van der Waals surface area contributed by atoms with Crippen LogP contribution in [0.5, 0.6) is 0 Å². The minimum atomic E-state index is -0.879. The van der Waals surface area contributed by atoms with Gasteiger partial charge in [0.2, 0.25) is 5.91 Å². The Morgan fingerprint density at radius 3 is 2.71 bits per heavy atom. The first-order chi connectivity index (χ1) is 16.9. The highest BCUT2D eigenvalue weighted by Crippen LogP contribution is 2.28.